The Hall–Kier alpha value is -6.38. The second-order valence-corrected chi connectivity index (χ2v) is 13.3. The average molecular weight is 639 g/mol. The second kappa shape index (κ2) is 11.6. The Morgan fingerprint density at radius 3 is 1.28 bits per heavy atom. The van der Waals surface area contributed by atoms with E-state index in [1.165, 1.54) is 82.8 Å². The second-order valence-electron chi connectivity index (χ2n) is 13.3. The van der Waals surface area contributed by atoms with Crippen LogP contribution in [0, 0.1) is 0 Å². The van der Waals surface area contributed by atoms with E-state index in [0.717, 1.165) is 6.42 Å². The summed E-state index contributed by atoms with van der Waals surface area (Å²) in [5.41, 5.74) is 13.8. The molecule has 0 radical (unpaired) electrons. The first-order chi connectivity index (χ1) is 24.8. The molecule has 0 aliphatic heterocycles. The number of para-hydroxylation sites is 4. The number of aromatic nitrogens is 2. The van der Waals surface area contributed by atoms with Gasteiger partial charge in [-0.2, -0.15) is 0 Å². The Morgan fingerprint density at radius 2 is 0.800 bits per heavy atom. The largest absolute Gasteiger partial charge is 0.309 e. The summed E-state index contributed by atoms with van der Waals surface area (Å²) in [6, 6.07) is 64.1. The fourth-order valence-corrected chi connectivity index (χ4v) is 8.13. The molecule has 7 aromatic carbocycles. The lowest BCUT2D eigenvalue weighted by atomic mass is 9.81. The average Bonchev–Trinajstić information content (AvgIpc) is 3.71. The number of allylic oxidation sites excluding steroid dienone is 4. The van der Waals surface area contributed by atoms with Gasteiger partial charge in [0.25, 0.3) is 0 Å². The van der Waals surface area contributed by atoms with Crippen molar-refractivity contribution in [3.05, 3.63) is 205 Å². The van der Waals surface area contributed by atoms with Crippen molar-refractivity contribution in [2.45, 2.75) is 12.3 Å². The highest BCUT2D eigenvalue weighted by Crippen LogP contribution is 2.40. The van der Waals surface area contributed by atoms with Gasteiger partial charge < -0.3 is 9.13 Å². The summed E-state index contributed by atoms with van der Waals surface area (Å²) in [5, 5.41) is 5.14. The summed E-state index contributed by atoms with van der Waals surface area (Å²) in [4.78, 5) is 0. The summed E-state index contributed by atoms with van der Waals surface area (Å²) in [6.07, 6.45) is 5.80. The predicted molar refractivity (Wildman–Crippen MR) is 211 cm³/mol. The number of hydrogen-bond donors (Lipinski definition) is 0. The van der Waals surface area contributed by atoms with Gasteiger partial charge in [0.2, 0.25) is 0 Å². The Labute approximate surface area is 291 Å². The number of hydrogen-bond acceptors (Lipinski definition) is 0. The van der Waals surface area contributed by atoms with Gasteiger partial charge in [-0.1, -0.05) is 140 Å². The van der Waals surface area contributed by atoms with Crippen LogP contribution in [0.3, 0.4) is 0 Å². The van der Waals surface area contributed by atoms with E-state index >= 15 is 0 Å². The summed E-state index contributed by atoms with van der Waals surface area (Å²) >= 11 is 0. The summed E-state index contributed by atoms with van der Waals surface area (Å²) < 4.78 is 4.78. The van der Waals surface area contributed by atoms with E-state index in [9.17, 15) is 0 Å². The van der Waals surface area contributed by atoms with Crippen LogP contribution in [0.5, 0.6) is 0 Å². The molecule has 236 valence electrons. The molecule has 0 spiro atoms. The van der Waals surface area contributed by atoms with Crippen LogP contribution < -0.4 is 0 Å². The lowest BCUT2D eigenvalue weighted by Gasteiger charge is -2.24. The zero-order valence-electron chi connectivity index (χ0n) is 27.6. The zero-order chi connectivity index (χ0) is 33.0. The topological polar surface area (TPSA) is 9.86 Å². The van der Waals surface area contributed by atoms with Crippen molar-refractivity contribution in [2.24, 2.45) is 0 Å². The summed E-state index contributed by atoms with van der Waals surface area (Å²) in [5.74, 6) is 0.259. The first-order valence-electron chi connectivity index (χ1n) is 17.5. The fourth-order valence-electron chi connectivity index (χ4n) is 8.13. The molecular formula is C48H34N2. The molecule has 0 bridgehead atoms. The van der Waals surface area contributed by atoms with Crippen LogP contribution in [0.1, 0.15) is 29.0 Å². The highest BCUT2D eigenvalue weighted by atomic mass is 15.0. The minimum atomic E-state index is 0.259. The SMILES string of the molecule is C1=C(c2ccccc2)C=C(c2ccc(-n3c4ccccc4c4ccccc43)cc2)CC1c1ccc(-n2c3ccccc3c3ccccc32)cc1. The van der Waals surface area contributed by atoms with Gasteiger partial charge in [-0.05, 0) is 82.8 Å². The molecule has 2 nitrogen and oxygen atoms in total. The van der Waals surface area contributed by atoms with Crippen LogP contribution in [0.4, 0.5) is 0 Å². The van der Waals surface area contributed by atoms with Crippen LogP contribution in [0.2, 0.25) is 0 Å². The molecule has 1 atom stereocenters. The molecule has 9 aromatic rings. The number of benzene rings is 7. The number of rotatable bonds is 5. The lowest BCUT2D eigenvalue weighted by Crippen LogP contribution is -2.05. The predicted octanol–water partition coefficient (Wildman–Crippen LogP) is 12.5. The third-order valence-electron chi connectivity index (χ3n) is 10.5. The van der Waals surface area contributed by atoms with Gasteiger partial charge in [-0.3, -0.25) is 0 Å². The molecule has 0 saturated carbocycles. The number of fused-ring (bicyclic) bond motifs is 6. The normalized spacial score (nSPS) is 14.8. The van der Waals surface area contributed by atoms with Crippen molar-refractivity contribution in [2.75, 3.05) is 0 Å². The Kier molecular flexibility index (Phi) is 6.67. The molecule has 2 heteroatoms. The third kappa shape index (κ3) is 4.64. The maximum atomic E-state index is 2.46. The first-order valence-corrected chi connectivity index (χ1v) is 17.5. The van der Waals surface area contributed by atoms with Crippen molar-refractivity contribution in [3.63, 3.8) is 0 Å². The Morgan fingerprint density at radius 1 is 0.380 bits per heavy atom. The zero-order valence-corrected chi connectivity index (χ0v) is 27.6. The number of nitrogens with zero attached hydrogens (tertiary/aromatic N) is 2. The molecule has 0 amide bonds. The van der Waals surface area contributed by atoms with Gasteiger partial charge in [-0.25, -0.2) is 0 Å². The summed E-state index contributed by atoms with van der Waals surface area (Å²) in [7, 11) is 0. The van der Waals surface area contributed by atoms with Crippen LogP contribution in [-0.2, 0) is 0 Å². The Balaban J connectivity index is 1.02. The molecular weight excluding hydrogens is 605 g/mol. The fraction of sp³-hybridized carbons (Fsp3) is 0.0417. The van der Waals surface area contributed by atoms with Crippen molar-refractivity contribution >= 4 is 54.8 Å². The molecule has 2 aromatic heterocycles. The quantitative estimate of drug-likeness (QED) is 0.178. The maximum absolute atomic E-state index is 2.46. The molecule has 0 fully saturated rings. The molecule has 50 heavy (non-hydrogen) atoms. The van der Waals surface area contributed by atoms with Gasteiger partial charge in [0.05, 0.1) is 22.1 Å². The van der Waals surface area contributed by atoms with E-state index in [-0.39, 0.29) is 5.92 Å². The summed E-state index contributed by atoms with van der Waals surface area (Å²) in [6.45, 7) is 0. The van der Waals surface area contributed by atoms with Crippen molar-refractivity contribution < 1.29 is 0 Å². The van der Waals surface area contributed by atoms with Crippen LogP contribution >= 0.6 is 0 Å². The minimum Gasteiger partial charge on any atom is -0.309 e. The lowest BCUT2D eigenvalue weighted by molar-refractivity contribution is 0.870. The van der Waals surface area contributed by atoms with Crippen LogP contribution in [0.25, 0.3) is 66.1 Å². The minimum absolute atomic E-state index is 0.259. The monoisotopic (exact) mass is 638 g/mol. The highest BCUT2D eigenvalue weighted by Gasteiger charge is 2.21. The molecule has 1 aliphatic carbocycles. The van der Waals surface area contributed by atoms with E-state index in [4.69, 9.17) is 0 Å². The van der Waals surface area contributed by atoms with Crippen LogP contribution in [-0.4, -0.2) is 9.13 Å². The van der Waals surface area contributed by atoms with E-state index in [2.05, 4.69) is 197 Å². The molecule has 2 heterocycles. The van der Waals surface area contributed by atoms with Gasteiger partial charge in [-0.15, -0.1) is 0 Å². The van der Waals surface area contributed by atoms with E-state index < -0.39 is 0 Å². The van der Waals surface area contributed by atoms with Gasteiger partial charge in [0.1, 0.15) is 0 Å². The highest BCUT2D eigenvalue weighted by molar-refractivity contribution is 6.10. The van der Waals surface area contributed by atoms with E-state index in [1.54, 1.807) is 0 Å². The van der Waals surface area contributed by atoms with Gasteiger partial charge >= 0.3 is 0 Å². The molecule has 1 aliphatic rings. The van der Waals surface area contributed by atoms with Crippen molar-refractivity contribution in [1.29, 1.82) is 0 Å². The Bertz CT molecular complexity index is 2650. The van der Waals surface area contributed by atoms with Crippen molar-refractivity contribution in [1.82, 2.24) is 9.13 Å². The standard InChI is InChI=1S/C48H34N2/c1-2-12-33(13-3-1)36-30-37(34-22-26-39(27-23-34)49-45-18-8-4-14-41(45)42-15-5-9-19-46(42)49)32-38(31-36)35-24-28-40(29-25-35)50-47-20-10-6-16-43(47)44-17-7-11-21-48(44)50/h1-31,37H,32H2. The smallest absolute Gasteiger partial charge is 0.0541 e. The molecule has 0 N–H and O–H groups in total. The molecule has 1 unspecified atom stereocenters. The first kappa shape index (κ1) is 28.6. The maximum Gasteiger partial charge on any atom is 0.0541 e. The molecule has 0 saturated heterocycles. The van der Waals surface area contributed by atoms with Crippen molar-refractivity contribution in [3.8, 4) is 11.4 Å². The van der Waals surface area contributed by atoms with E-state index in [0.29, 0.717) is 0 Å². The molecule has 10 rings (SSSR count). The van der Waals surface area contributed by atoms with Gasteiger partial charge in [0, 0.05) is 38.8 Å². The third-order valence-corrected chi connectivity index (χ3v) is 10.5. The van der Waals surface area contributed by atoms with Crippen LogP contribution in [0.15, 0.2) is 188 Å². The van der Waals surface area contributed by atoms with Gasteiger partial charge in [0.15, 0.2) is 0 Å². The van der Waals surface area contributed by atoms with E-state index in [1.807, 2.05) is 0 Å².